The fourth-order valence-corrected chi connectivity index (χ4v) is 2.35. The molecule has 2 aromatic heterocycles. The second-order valence-corrected chi connectivity index (χ2v) is 5.79. The van der Waals surface area contributed by atoms with E-state index in [2.05, 4.69) is 23.7 Å². The third kappa shape index (κ3) is 3.12. The quantitative estimate of drug-likeness (QED) is 0.893. The Balaban J connectivity index is 2.35. The first-order valence-corrected chi connectivity index (χ1v) is 7.62. The number of hydrogen-bond acceptors (Lipinski definition) is 5. The van der Waals surface area contributed by atoms with Crippen molar-refractivity contribution in [2.75, 3.05) is 13.1 Å². The summed E-state index contributed by atoms with van der Waals surface area (Å²) < 4.78 is 27.6. The number of primary sulfonamides is 1. The number of nitrogens with two attached hydrogens (primary N) is 1. The van der Waals surface area contributed by atoms with Gasteiger partial charge in [0.15, 0.2) is 5.58 Å². The molecule has 0 saturated carbocycles. The average molecular weight is 283 g/mol. The number of sulfonamides is 1. The van der Waals surface area contributed by atoms with Crippen LogP contribution in [0.5, 0.6) is 0 Å². The summed E-state index contributed by atoms with van der Waals surface area (Å²) in [6, 6.07) is 3.14. The van der Waals surface area contributed by atoms with Crippen LogP contribution < -0.4 is 5.14 Å². The van der Waals surface area contributed by atoms with Gasteiger partial charge in [0.25, 0.3) is 10.0 Å². The van der Waals surface area contributed by atoms with Crippen LogP contribution in [-0.4, -0.2) is 31.4 Å². The molecule has 0 aliphatic heterocycles. The maximum absolute atomic E-state index is 11.2. The predicted molar refractivity (Wildman–Crippen MR) is 72.0 cm³/mol. The van der Waals surface area contributed by atoms with Crippen molar-refractivity contribution >= 4 is 21.1 Å². The van der Waals surface area contributed by atoms with Gasteiger partial charge in [0.2, 0.25) is 5.09 Å². The Hall–Kier alpha value is -1.44. The summed E-state index contributed by atoms with van der Waals surface area (Å²) in [5, 5.41) is 4.77. The van der Waals surface area contributed by atoms with Gasteiger partial charge < -0.3 is 4.42 Å². The summed E-state index contributed by atoms with van der Waals surface area (Å²) in [6.45, 7) is 6.80. The van der Waals surface area contributed by atoms with Crippen LogP contribution in [0.1, 0.15) is 19.4 Å². The van der Waals surface area contributed by atoms with Gasteiger partial charge in [-0.3, -0.25) is 9.88 Å². The van der Waals surface area contributed by atoms with Gasteiger partial charge in [0.1, 0.15) is 5.52 Å². The van der Waals surface area contributed by atoms with Crippen LogP contribution >= 0.6 is 0 Å². The summed E-state index contributed by atoms with van der Waals surface area (Å²) in [5.41, 5.74) is 1.91. The van der Waals surface area contributed by atoms with Crippen LogP contribution in [0.3, 0.4) is 0 Å². The SMILES string of the molecule is CCN(CC)Cc1cnc2cc(S(N)(=O)=O)oc2c1. The molecule has 0 atom stereocenters. The molecule has 2 heterocycles. The zero-order chi connectivity index (χ0) is 14.0. The average Bonchev–Trinajstić information content (AvgIpc) is 2.78. The molecule has 6 nitrogen and oxygen atoms in total. The van der Waals surface area contributed by atoms with Crippen molar-refractivity contribution in [2.24, 2.45) is 5.14 Å². The van der Waals surface area contributed by atoms with E-state index < -0.39 is 10.0 Å². The molecular weight excluding hydrogens is 266 g/mol. The molecule has 19 heavy (non-hydrogen) atoms. The molecule has 2 N–H and O–H groups in total. The van der Waals surface area contributed by atoms with Gasteiger partial charge in [0, 0.05) is 18.8 Å². The molecule has 0 spiro atoms. The van der Waals surface area contributed by atoms with Crippen molar-refractivity contribution in [1.29, 1.82) is 0 Å². The molecule has 0 radical (unpaired) electrons. The number of aromatic nitrogens is 1. The Kier molecular flexibility index (Phi) is 3.88. The van der Waals surface area contributed by atoms with Crippen molar-refractivity contribution in [1.82, 2.24) is 9.88 Å². The van der Waals surface area contributed by atoms with Gasteiger partial charge >= 0.3 is 0 Å². The number of hydrogen-bond donors (Lipinski definition) is 1. The molecule has 7 heteroatoms. The molecule has 0 aromatic carbocycles. The zero-order valence-corrected chi connectivity index (χ0v) is 11.8. The Bertz CT molecular complexity index is 675. The van der Waals surface area contributed by atoms with E-state index in [0.717, 1.165) is 25.2 Å². The summed E-state index contributed by atoms with van der Waals surface area (Å²) in [7, 11) is -3.83. The molecule has 0 saturated heterocycles. The van der Waals surface area contributed by atoms with Crippen molar-refractivity contribution in [2.45, 2.75) is 25.5 Å². The lowest BCUT2D eigenvalue weighted by Crippen LogP contribution is -2.22. The Morgan fingerprint density at radius 1 is 1.32 bits per heavy atom. The lowest BCUT2D eigenvalue weighted by molar-refractivity contribution is 0.295. The van der Waals surface area contributed by atoms with E-state index in [9.17, 15) is 8.42 Å². The van der Waals surface area contributed by atoms with Crippen LogP contribution in [0.4, 0.5) is 0 Å². The van der Waals surface area contributed by atoms with E-state index in [-0.39, 0.29) is 5.09 Å². The molecule has 0 unspecified atom stereocenters. The van der Waals surface area contributed by atoms with Gasteiger partial charge in [-0.2, -0.15) is 0 Å². The van der Waals surface area contributed by atoms with Crippen LogP contribution in [0.15, 0.2) is 27.8 Å². The first kappa shape index (κ1) is 14.0. The molecule has 0 fully saturated rings. The van der Waals surface area contributed by atoms with Crippen LogP contribution in [0, 0.1) is 0 Å². The van der Waals surface area contributed by atoms with Crippen LogP contribution in [-0.2, 0) is 16.6 Å². The van der Waals surface area contributed by atoms with E-state index in [0.29, 0.717) is 11.1 Å². The smallest absolute Gasteiger partial charge is 0.271 e. The minimum atomic E-state index is -3.83. The number of rotatable bonds is 5. The molecule has 2 rings (SSSR count). The standard InChI is InChI=1S/C12H17N3O3S/c1-3-15(4-2)8-9-5-11-10(14-7-9)6-12(18-11)19(13,16)17/h5-7H,3-4,8H2,1-2H3,(H2,13,16,17). The first-order valence-electron chi connectivity index (χ1n) is 6.07. The van der Waals surface area contributed by atoms with Gasteiger partial charge in [0.05, 0.1) is 0 Å². The minimum Gasteiger partial charge on any atom is -0.442 e. The third-order valence-electron chi connectivity index (χ3n) is 2.98. The van der Waals surface area contributed by atoms with Crippen molar-refractivity contribution in [3.05, 3.63) is 23.9 Å². The predicted octanol–water partition coefficient (Wildman–Crippen LogP) is 1.32. The zero-order valence-electron chi connectivity index (χ0n) is 11.0. The minimum absolute atomic E-state index is 0.255. The van der Waals surface area contributed by atoms with E-state index in [4.69, 9.17) is 9.56 Å². The second-order valence-electron chi connectivity index (χ2n) is 4.30. The monoisotopic (exact) mass is 283 g/mol. The van der Waals surface area contributed by atoms with Crippen LogP contribution in [0.2, 0.25) is 0 Å². The fourth-order valence-electron chi connectivity index (χ4n) is 1.87. The van der Waals surface area contributed by atoms with Crippen molar-refractivity contribution in [3.63, 3.8) is 0 Å². The maximum Gasteiger partial charge on any atom is 0.271 e. The Morgan fingerprint density at radius 2 is 2.00 bits per heavy atom. The first-order chi connectivity index (χ1) is 8.94. The highest BCUT2D eigenvalue weighted by Crippen LogP contribution is 2.21. The van der Waals surface area contributed by atoms with Gasteiger partial charge in [-0.1, -0.05) is 13.8 Å². The molecule has 0 amide bonds. The van der Waals surface area contributed by atoms with Crippen molar-refractivity contribution in [3.8, 4) is 0 Å². The number of furan rings is 1. The topological polar surface area (TPSA) is 89.4 Å². The largest absolute Gasteiger partial charge is 0.442 e. The molecule has 0 aliphatic rings. The molecular formula is C12H17N3O3S. The maximum atomic E-state index is 11.2. The van der Waals surface area contributed by atoms with E-state index in [1.807, 2.05) is 0 Å². The number of nitrogens with zero attached hydrogens (tertiary/aromatic N) is 2. The second kappa shape index (κ2) is 5.28. The summed E-state index contributed by atoms with van der Waals surface area (Å²) in [4.78, 5) is 6.43. The van der Waals surface area contributed by atoms with Gasteiger partial charge in [-0.25, -0.2) is 13.6 Å². The summed E-state index contributed by atoms with van der Waals surface area (Å²) >= 11 is 0. The van der Waals surface area contributed by atoms with Crippen molar-refractivity contribution < 1.29 is 12.8 Å². The highest BCUT2D eigenvalue weighted by atomic mass is 32.2. The summed E-state index contributed by atoms with van der Waals surface area (Å²) in [5.74, 6) is 0. The molecule has 2 aromatic rings. The van der Waals surface area contributed by atoms with Gasteiger partial charge in [-0.05, 0) is 24.7 Å². The lowest BCUT2D eigenvalue weighted by Gasteiger charge is -2.17. The highest BCUT2D eigenvalue weighted by Gasteiger charge is 2.15. The molecule has 0 aliphatic carbocycles. The third-order valence-corrected chi connectivity index (χ3v) is 3.75. The molecule has 0 bridgehead atoms. The number of pyridine rings is 1. The van der Waals surface area contributed by atoms with E-state index >= 15 is 0 Å². The Labute approximate surface area is 112 Å². The van der Waals surface area contributed by atoms with E-state index in [1.165, 1.54) is 6.07 Å². The lowest BCUT2D eigenvalue weighted by atomic mass is 10.2. The summed E-state index contributed by atoms with van der Waals surface area (Å²) in [6.07, 6.45) is 1.73. The van der Waals surface area contributed by atoms with Crippen LogP contribution in [0.25, 0.3) is 11.1 Å². The fraction of sp³-hybridized carbons (Fsp3) is 0.417. The van der Waals surface area contributed by atoms with Gasteiger partial charge in [-0.15, -0.1) is 0 Å². The normalized spacial score (nSPS) is 12.4. The van der Waals surface area contributed by atoms with E-state index in [1.54, 1.807) is 12.3 Å². The highest BCUT2D eigenvalue weighted by molar-refractivity contribution is 7.89. The number of fused-ring (bicyclic) bond motifs is 1. The molecule has 104 valence electrons. The Morgan fingerprint density at radius 3 is 2.58 bits per heavy atom.